The van der Waals surface area contributed by atoms with E-state index in [2.05, 4.69) is 25.3 Å². The molecule has 10 nitrogen and oxygen atoms in total. The summed E-state index contributed by atoms with van der Waals surface area (Å²) < 4.78 is 55.1. The summed E-state index contributed by atoms with van der Waals surface area (Å²) in [5.41, 5.74) is 0.728. The van der Waals surface area contributed by atoms with Crippen LogP contribution in [0.2, 0.25) is 0 Å². The number of methoxy groups -OCH3 is 1. The molecular weight excluding hydrogens is 497 g/mol. The van der Waals surface area contributed by atoms with E-state index in [9.17, 15) is 27.6 Å². The zero-order valence-corrected chi connectivity index (χ0v) is 20.0. The first-order valence-electron chi connectivity index (χ1n) is 11.9. The molecular formula is C24H27F3N4O6. The number of amides is 2. The van der Waals surface area contributed by atoms with Crippen molar-refractivity contribution >= 4 is 23.7 Å². The van der Waals surface area contributed by atoms with Gasteiger partial charge in [0.25, 0.3) is 5.91 Å². The van der Waals surface area contributed by atoms with Crippen LogP contribution in [0.5, 0.6) is 11.5 Å². The fraction of sp³-hybridized carbons (Fsp3) is 0.500. The standard InChI is InChI=1S/C24H27F3N4O6/c1-35-17-7-6-13(11-18(17)36-15-4-2-3-5-15)14-10-16(20(32)30-12-14)19(37-22(34)24(25,26)27)21(33)31-23-28-8-9-29-23/h6-9,11,14-16,19H,2-5,10,12H2,1H3,(H,30,32)(H2,28,29,31,33)/t14-,16+,19?/m1/s1. The molecule has 2 fully saturated rings. The summed E-state index contributed by atoms with van der Waals surface area (Å²) in [6.07, 6.45) is -0.720. The highest BCUT2D eigenvalue weighted by Gasteiger charge is 2.48. The van der Waals surface area contributed by atoms with Gasteiger partial charge in [0.2, 0.25) is 11.9 Å². The number of anilines is 1. The van der Waals surface area contributed by atoms with E-state index in [1.165, 1.54) is 19.5 Å². The van der Waals surface area contributed by atoms with Gasteiger partial charge in [-0.3, -0.25) is 14.9 Å². The fourth-order valence-corrected chi connectivity index (χ4v) is 4.61. The number of rotatable bonds is 8. The molecule has 2 amide bonds. The number of carbonyl (C=O) groups is 3. The second kappa shape index (κ2) is 11.1. The van der Waals surface area contributed by atoms with Gasteiger partial charge in [0.05, 0.1) is 19.1 Å². The minimum absolute atomic E-state index is 0.0532. The van der Waals surface area contributed by atoms with Crippen LogP contribution in [-0.4, -0.2) is 59.8 Å². The number of carbonyl (C=O) groups excluding carboxylic acids is 3. The van der Waals surface area contributed by atoms with Gasteiger partial charge >= 0.3 is 12.1 Å². The van der Waals surface area contributed by atoms with Gasteiger partial charge in [0, 0.05) is 24.9 Å². The van der Waals surface area contributed by atoms with E-state index in [0.717, 1.165) is 31.2 Å². The Morgan fingerprint density at radius 1 is 1.19 bits per heavy atom. The predicted octanol–water partition coefficient (Wildman–Crippen LogP) is 3.07. The van der Waals surface area contributed by atoms with Gasteiger partial charge in [-0.05, 0) is 49.8 Å². The predicted molar refractivity (Wildman–Crippen MR) is 123 cm³/mol. The molecule has 1 aliphatic heterocycles. The van der Waals surface area contributed by atoms with E-state index >= 15 is 0 Å². The summed E-state index contributed by atoms with van der Waals surface area (Å²) in [4.78, 5) is 43.6. The largest absolute Gasteiger partial charge is 0.493 e. The highest BCUT2D eigenvalue weighted by atomic mass is 19.4. The molecule has 1 saturated carbocycles. The smallest absolute Gasteiger partial charge is 0.490 e. The summed E-state index contributed by atoms with van der Waals surface area (Å²) in [6.45, 7) is 0.171. The van der Waals surface area contributed by atoms with Gasteiger partial charge in [-0.2, -0.15) is 13.2 Å². The van der Waals surface area contributed by atoms with Crippen molar-refractivity contribution in [2.75, 3.05) is 19.0 Å². The third kappa shape index (κ3) is 6.33. The summed E-state index contributed by atoms with van der Waals surface area (Å²) >= 11 is 0. The number of esters is 1. The van der Waals surface area contributed by atoms with Crippen LogP contribution in [0.3, 0.4) is 0 Å². The Morgan fingerprint density at radius 2 is 1.95 bits per heavy atom. The average Bonchev–Trinajstić information content (AvgIpc) is 3.57. The summed E-state index contributed by atoms with van der Waals surface area (Å²) in [5, 5.41) is 4.87. The number of benzene rings is 1. The lowest BCUT2D eigenvalue weighted by atomic mass is 9.82. The average molecular weight is 524 g/mol. The fourth-order valence-electron chi connectivity index (χ4n) is 4.61. The molecule has 200 valence electrons. The molecule has 1 aliphatic carbocycles. The van der Waals surface area contributed by atoms with Crippen molar-refractivity contribution in [2.45, 2.75) is 56.4 Å². The topological polar surface area (TPSA) is 132 Å². The first-order valence-corrected chi connectivity index (χ1v) is 11.9. The number of hydrogen-bond donors (Lipinski definition) is 3. The molecule has 13 heteroatoms. The van der Waals surface area contributed by atoms with Crippen molar-refractivity contribution in [3.05, 3.63) is 36.2 Å². The van der Waals surface area contributed by atoms with Crippen molar-refractivity contribution in [3.8, 4) is 11.5 Å². The molecule has 4 rings (SSSR count). The molecule has 1 saturated heterocycles. The lowest BCUT2D eigenvalue weighted by Crippen LogP contribution is -2.51. The van der Waals surface area contributed by atoms with Gasteiger partial charge in [0.1, 0.15) is 0 Å². The molecule has 1 unspecified atom stereocenters. The number of nitrogens with zero attached hydrogens (tertiary/aromatic N) is 1. The first-order chi connectivity index (χ1) is 17.7. The number of aromatic amines is 1. The Balaban J connectivity index is 1.57. The number of halogens is 3. The van der Waals surface area contributed by atoms with Gasteiger partial charge in [-0.15, -0.1) is 0 Å². The number of H-pyrrole nitrogens is 1. The van der Waals surface area contributed by atoms with Crippen LogP contribution in [0.25, 0.3) is 0 Å². The lowest BCUT2D eigenvalue weighted by molar-refractivity contribution is -0.207. The highest BCUT2D eigenvalue weighted by molar-refractivity contribution is 5.98. The number of hydrogen-bond acceptors (Lipinski definition) is 7. The van der Waals surface area contributed by atoms with Gasteiger partial charge in [0.15, 0.2) is 17.6 Å². The van der Waals surface area contributed by atoms with E-state index < -0.39 is 41.9 Å². The van der Waals surface area contributed by atoms with E-state index in [-0.39, 0.29) is 25.0 Å². The Morgan fingerprint density at radius 3 is 2.59 bits per heavy atom. The van der Waals surface area contributed by atoms with Crippen LogP contribution in [0, 0.1) is 5.92 Å². The summed E-state index contributed by atoms with van der Waals surface area (Å²) in [6, 6.07) is 5.25. The summed E-state index contributed by atoms with van der Waals surface area (Å²) in [5.74, 6) is -5.20. The molecule has 0 bridgehead atoms. The summed E-state index contributed by atoms with van der Waals surface area (Å²) in [7, 11) is 1.52. The Labute approximate surface area is 210 Å². The number of aromatic nitrogens is 2. The number of nitrogens with one attached hydrogen (secondary N) is 3. The normalized spacial score (nSPS) is 21.1. The molecule has 0 spiro atoms. The third-order valence-electron chi connectivity index (χ3n) is 6.48. The second-order valence-electron chi connectivity index (χ2n) is 8.97. The second-order valence-corrected chi connectivity index (χ2v) is 8.97. The molecule has 2 heterocycles. The number of ether oxygens (including phenoxy) is 3. The zero-order chi connectivity index (χ0) is 26.6. The first kappa shape index (κ1) is 26.3. The van der Waals surface area contributed by atoms with Crippen molar-refractivity contribution < 1.29 is 41.8 Å². The molecule has 1 aromatic heterocycles. The van der Waals surface area contributed by atoms with Crippen molar-refractivity contribution in [1.29, 1.82) is 0 Å². The minimum Gasteiger partial charge on any atom is -0.493 e. The number of piperidine rings is 1. The molecule has 3 N–H and O–H groups in total. The SMILES string of the molecule is COc1ccc([C@H]2CNC(=O)[C@H](C(OC(=O)C(F)(F)F)C(=O)Nc3ncc[nH]3)C2)cc1OC1CCCC1. The van der Waals surface area contributed by atoms with E-state index in [1.54, 1.807) is 18.2 Å². The van der Waals surface area contributed by atoms with Crippen LogP contribution in [0.1, 0.15) is 43.6 Å². The van der Waals surface area contributed by atoms with Crippen molar-refractivity contribution in [1.82, 2.24) is 15.3 Å². The van der Waals surface area contributed by atoms with E-state index in [4.69, 9.17) is 9.47 Å². The lowest BCUT2D eigenvalue weighted by Gasteiger charge is -2.33. The molecule has 2 aromatic rings. The minimum atomic E-state index is -5.35. The molecule has 2 aliphatic rings. The monoisotopic (exact) mass is 524 g/mol. The highest BCUT2D eigenvalue weighted by Crippen LogP contribution is 2.37. The zero-order valence-electron chi connectivity index (χ0n) is 20.0. The maximum Gasteiger partial charge on any atom is 0.490 e. The van der Waals surface area contributed by atoms with E-state index in [1.807, 2.05) is 0 Å². The van der Waals surface area contributed by atoms with Crippen LogP contribution in [0.4, 0.5) is 19.1 Å². The Bertz CT molecular complexity index is 1120. The Kier molecular flexibility index (Phi) is 7.89. The van der Waals surface area contributed by atoms with Gasteiger partial charge < -0.3 is 24.5 Å². The van der Waals surface area contributed by atoms with Gasteiger partial charge in [-0.25, -0.2) is 9.78 Å². The maximum atomic E-state index is 13.0. The van der Waals surface area contributed by atoms with Crippen LogP contribution < -0.4 is 20.1 Å². The maximum absolute atomic E-state index is 13.0. The molecule has 0 radical (unpaired) electrons. The number of imidazole rings is 1. The third-order valence-corrected chi connectivity index (χ3v) is 6.48. The molecule has 37 heavy (non-hydrogen) atoms. The van der Waals surface area contributed by atoms with Gasteiger partial charge in [-0.1, -0.05) is 6.07 Å². The van der Waals surface area contributed by atoms with Crippen LogP contribution in [0.15, 0.2) is 30.6 Å². The Hall–Kier alpha value is -3.77. The van der Waals surface area contributed by atoms with Crippen molar-refractivity contribution in [2.24, 2.45) is 5.92 Å². The van der Waals surface area contributed by atoms with Crippen LogP contribution in [-0.2, 0) is 19.1 Å². The van der Waals surface area contributed by atoms with Crippen LogP contribution >= 0.6 is 0 Å². The quantitative estimate of drug-likeness (QED) is 0.452. The van der Waals surface area contributed by atoms with E-state index in [0.29, 0.717) is 11.5 Å². The molecule has 3 atom stereocenters. The molecule has 1 aromatic carbocycles. The van der Waals surface area contributed by atoms with Crippen molar-refractivity contribution in [3.63, 3.8) is 0 Å². The number of alkyl halides is 3.